The zero-order valence-corrected chi connectivity index (χ0v) is 35.0. The number of amides is 1. The molecule has 0 radical (unpaired) electrons. The molecular weight excluding hydrogens is 744 g/mol. The van der Waals surface area contributed by atoms with E-state index in [1.54, 1.807) is 15.4 Å². The van der Waals surface area contributed by atoms with E-state index >= 15 is 0 Å². The minimum atomic E-state index is -3.21. The molecule has 1 amide bonds. The number of nitriles is 1. The Labute approximate surface area is 336 Å². The Kier molecular flexibility index (Phi) is 11.6. The SMILES string of the molecule is Cc1c(CN2CCC3CN(c4ncncc4Oc4ccc(F)cc4C(=O)N(C(C)C)C(C)C)CC32)ccc2c1cc(C#N)n2CCC1CCN(S(C)(=O)=O)C(C)C1. The summed E-state index contributed by atoms with van der Waals surface area (Å²) in [5.74, 6) is 1.34. The number of hydrogen-bond donors (Lipinski definition) is 0. The smallest absolute Gasteiger partial charge is 0.258 e. The van der Waals surface area contributed by atoms with Gasteiger partial charge in [-0.25, -0.2) is 22.8 Å². The first kappa shape index (κ1) is 40.6. The Morgan fingerprint density at radius 3 is 2.54 bits per heavy atom. The molecule has 4 unspecified atom stereocenters. The van der Waals surface area contributed by atoms with Crippen LogP contribution in [0.5, 0.6) is 11.5 Å². The van der Waals surface area contributed by atoms with Crippen LogP contribution < -0.4 is 9.64 Å². The standard InChI is InChI=1S/C43H55FN8O4S/c1-27(2)52(28(3)4)43(53)37-19-34(44)9-11-40(37)56-41-22-46-26-47-42(41)49-24-33-14-15-48(39(33)25-49)23-32-8-10-38-36(30(32)6)20-35(21-45)50(38)16-12-31-13-17-51(29(5)18-31)57(7,54)55/h8-11,19-20,22,26-29,31,33,39H,12-18,23-25H2,1-7H3. The number of carbonyl (C=O) groups excluding carboxylic acids is 1. The lowest BCUT2D eigenvalue weighted by molar-refractivity contribution is 0.0640. The van der Waals surface area contributed by atoms with Crippen molar-refractivity contribution in [2.24, 2.45) is 11.8 Å². The van der Waals surface area contributed by atoms with Crippen LogP contribution in [0.25, 0.3) is 10.9 Å². The van der Waals surface area contributed by atoms with Crippen molar-refractivity contribution in [3.8, 4) is 17.6 Å². The van der Waals surface area contributed by atoms with Crippen molar-refractivity contribution in [3.05, 3.63) is 77.1 Å². The van der Waals surface area contributed by atoms with Gasteiger partial charge >= 0.3 is 0 Å². The van der Waals surface area contributed by atoms with E-state index < -0.39 is 15.8 Å². The van der Waals surface area contributed by atoms with Crippen LogP contribution in [0.15, 0.2) is 48.9 Å². The third kappa shape index (κ3) is 8.24. The normalized spacial score (nSPS) is 21.7. The third-order valence-corrected chi connectivity index (χ3v) is 13.8. The van der Waals surface area contributed by atoms with Crippen molar-refractivity contribution in [3.63, 3.8) is 0 Å². The monoisotopic (exact) mass is 798 g/mol. The fraction of sp³-hybridized carbons (Fsp3) is 0.535. The van der Waals surface area contributed by atoms with Gasteiger partial charge in [-0.05, 0) is 127 Å². The molecule has 2 aromatic heterocycles. The summed E-state index contributed by atoms with van der Waals surface area (Å²) in [5.41, 5.74) is 4.28. The molecule has 14 heteroatoms. The second-order valence-electron chi connectivity index (χ2n) is 16.8. The molecule has 0 spiro atoms. The first-order valence-electron chi connectivity index (χ1n) is 20.2. The molecule has 12 nitrogen and oxygen atoms in total. The zero-order chi connectivity index (χ0) is 40.8. The summed E-state index contributed by atoms with van der Waals surface area (Å²) in [6, 6.07) is 13.0. The summed E-state index contributed by atoms with van der Waals surface area (Å²) < 4.78 is 49.0. The molecule has 3 saturated heterocycles. The second-order valence-corrected chi connectivity index (χ2v) is 18.8. The van der Waals surface area contributed by atoms with E-state index in [1.807, 2.05) is 40.7 Å². The van der Waals surface area contributed by atoms with E-state index in [2.05, 4.69) is 49.5 Å². The number of aryl methyl sites for hydroxylation is 2. The van der Waals surface area contributed by atoms with Gasteiger partial charge in [0, 0.05) is 67.8 Å². The number of piperidine rings is 1. The Bertz CT molecular complexity index is 2280. The number of sulfonamides is 1. The van der Waals surface area contributed by atoms with Gasteiger partial charge in [0.25, 0.3) is 5.91 Å². The summed E-state index contributed by atoms with van der Waals surface area (Å²) in [6.45, 7) is 16.5. The third-order valence-electron chi connectivity index (χ3n) is 12.4. The van der Waals surface area contributed by atoms with Gasteiger partial charge in [-0.1, -0.05) is 6.07 Å². The van der Waals surface area contributed by atoms with Crippen molar-refractivity contribution in [1.29, 1.82) is 5.26 Å². The molecule has 3 aliphatic rings. The Morgan fingerprint density at radius 1 is 1.07 bits per heavy atom. The van der Waals surface area contributed by atoms with Crippen molar-refractivity contribution in [1.82, 2.24) is 28.6 Å². The number of ether oxygens (including phenoxy) is 1. The van der Waals surface area contributed by atoms with Crippen LogP contribution in [0.2, 0.25) is 0 Å². The van der Waals surface area contributed by atoms with Gasteiger partial charge in [0.15, 0.2) is 11.6 Å². The molecule has 3 aliphatic heterocycles. The summed E-state index contributed by atoms with van der Waals surface area (Å²) in [5, 5.41) is 11.2. The fourth-order valence-corrected chi connectivity index (χ4v) is 10.9. The van der Waals surface area contributed by atoms with E-state index in [9.17, 15) is 22.9 Å². The van der Waals surface area contributed by atoms with Gasteiger partial charge < -0.3 is 19.1 Å². The molecule has 0 saturated carbocycles. The zero-order valence-electron chi connectivity index (χ0n) is 34.2. The average Bonchev–Trinajstić information content (AvgIpc) is 3.85. The van der Waals surface area contributed by atoms with E-state index in [-0.39, 0.29) is 35.3 Å². The number of halogens is 1. The van der Waals surface area contributed by atoms with Crippen LogP contribution in [0.1, 0.15) is 87.5 Å². The van der Waals surface area contributed by atoms with Crippen LogP contribution in [0.3, 0.4) is 0 Å². The lowest BCUT2D eigenvalue weighted by atomic mass is 9.90. The number of hydrogen-bond acceptors (Lipinski definition) is 9. The number of fused-ring (bicyclic) bond motifs is 2. The summed E-state index contributed by atoms with van der Waals surface area (Å²) >= 11 is 0. The van der Waals surface area contributed by atoms with Crippen molar-refractivity contribution < 1.29 is 22.3 Å². The van der Waals surface area contributed by atoms with Crippen LogP contribution in [0.4, 0.5) is 10.2 Å². The average molecular weight is 799 g/mol. The molecule has 4 atom stereocenters. The molecule has 0 aliphatic carbocycles. The minimum Gasteiger partial charge on any atom is -0.451 e. The molecular formula is C43H55FN8O4S. The highest BCUT2D eigenvalue weighted by Crippen LogP contribution is 2.40. The lowest BCUT2D eigenvalue weighted by Crippen LogP contribution is -2.44. The lowest BCUT2D eigenvalue weighted by Gasteiger charge is -2.36. The molecule has 0 bridgehead atoms. The fourth-order valence-electron chi connectivity index (χ4n) is 9.68. The van der Waals surface area contributed by atoms with E-state index in [0.717, 1.165) is 69.3 Å². The molecule has 2 aromatic carbocycles. The number of nitrogens with zero attached hydrogens (tertiary/aromatic N) is 8. The summed E-state index contributed by atoms with van der Waals surface area (Å²) in [7, 11) is -3.21. The second kappa shape index (κ2) is 16.3. The Balaban J connectivity index is 1.05. The van der Waals surface area contributed by atoms with Crippen molar-refractivity contribution in [2.75, 3.05) is 37.3 Å². The quantitative estimate of drug-likeness (QED) is 0.149. The summed E-state index contributed by atoms with van der Waals surface area (Å²) in [4.78, 5) is 29.1. The molecule has 57 heavy (non-hydrogen) atoms. The van der Waals surface area contributed by atoms with Gasteiger partial charge in [-0.2, -0.15) is 9.57 Å². The molecule has 4 aromatic rings. The van der Waals surface area contributed by atoms with Crippen LogP contribution >= 0.6 is 0 Å². The highest BCUT2D eigenvalue weighted by atomic mass is 32.2. The van der Waals surface area contributed by atoms with Crippen molar-refractivity contribution in [2.45, 2.75) is 104 Å². The Morgan fingerprint density at radius 2 is 1.84 bits per heavy atom. The van der Waals surface area contributed by atoms with Gasteiger partial charge in [-0.3, -0.25) is 9.69 Å². The molecule has 7 rings (SSSR count). The van der Waals surface area contributed by atoms with E-state index in [1.165, 1.54) is 41.9 Å². The van der Waals surface area contributed by atoms with Crippen LogP contribution in [-0.2, 0) is 23.1 Å². The van der Waals surface area contributed by atoms with Crippen molar-refractivity contribution >= 4 is 32.7 Å². The van der Waals surface area contributed by atoms with E-state index in [4.69, 9.17) is 4.74 Å². The number of anilines is 1. The number of likely N-dealkylation sites (tertiary alicyclic amines) is 1. The maximum absolute atomic E-state index is 14.5. The number of rotatable bonds is 12. The van der Waals surface area contributed by atoms with Gasteiger partial charge in [0.2, 0.25) is 10.0 Å². The largest absolute Gasteiger partial charge is 0.451 e. The molecule has 0 N–H and O–H groups in total. The van der Waals surface area contributed by atoms with Gasteiger partial charge in [-0.15, -0.1) is 0 Å². The number of aromatic nitrogens is 3. The number of benzene rings is 2. The maximum Gasteiger partial charge on any atom is 0.258 e. The predicted octanol–water partition coefficient (Wildman–Crippen LogP) is 6.96. The van der Waals surface area contributed by atoms with Crippen LogP contribution in [-0.4, -0.2) is 99.6 Å². The number of carbonyl (C=O) groups is 1. The van der Waals surface area contributed by atoms with Crippen LogP contribution in [0, 0.1) is 35.9 Å². The van der Waals surface area contributed by atoms with Gasteiger partial charge in [0.1, 0.15) is 29.7 Å². The van der Waals surface area contributed by atoms with E-state index in [0.29, 0.717) is 41.7 Å². The molecule has 5 heterocycles. The highest BCUT2D eigenvalue weighted by Gasteiger charge is 2.42. The highest BCUT2D eigenvalue weighted by molar-refractivity contribution is 7.88. The predicted molar refractivity (Wildman–Crippen MR) is 219 cm³/mol. The minimum absolute atomic E-state index is 0.0220. The maximum atomic E-state index is 14.5. The first-order valence-corrected chi connectivity index (χ1v) is 22.1. The molecule has 304 valence electrons. The van der Waals surface area contributed by atoms with Gasteiger partial charge in [0.05, 0.1) is 18.0 Å². The Hall–Kier alpha value is -4.58. The summed E-state index contributed by atoms with van der Waals surface area (Å²) in [6.07, 6.45) is 8.00. The molecule has 3 fully saturated rings. The topological polar surface area (TPSA) is 128 Å². The first-order chi connectivity index (χ1) is 27.1.